The molecule has 164 valence electrons. The second-order valence-electron chi connectivity index (χ2n) is 8.04. The molecule has 3 heterocycles. The molecule has 2 aromatic heterocycles. The summed E-state index contributed by atoms with van der Waals surface area (Å²) in [5.74, 6) is -2.35. The number of nitrogens with zero attached hydrogens (tertiary/aromatic N) is 3. The van der Waals surface area contributed by atoms with Crippen molar-refractivity contribution in [2.45, 2.75) is 32.7 Å². The zero-order valence-corrected chi connectivity index (χ0v) is 17.2. The number of hydrogen-bond acceptors (Lipinski definition) is 5. The van der Waals surface area contributed by atoms with Gasteiger partial charge in [-0.05, 0) is 31.0 Å². The zero-order chi connectivity index (χ0) is 22.3. The minimum absolute atomic E-state index is 0.0124. The number of amides is 2. The van der Waals surface area contributed by atoms with Gasteiger partial charge in [0, 0.05) is 10.9 Å². The van der Waals surface area contributed by atoms with Crippen LogP contribution in [0.25, 0.3) is 11.0 Å². The lowest BCUT2D eigenvalue weighted by atomic mass is 9.98. The van der Waals surface area contributed by atoms with Gasteiger partial charge in [0.05, 0.1) is 37.2 Å². The quantitative estimate of drug-likeness (QED) is 0.612. The van der Waals surface area contributed by atoms with Gasteiger partial charge >= 0.3 is 6.03 Å². The minimum atomic E-state index is -2.72. The first-order valence-electron chi connectivity index (χ1n) is 9.84. The van der Waals surface area contributed by atoms with Crippen LogP contribution in [0.15, 0.2) is 35.0 Å². The second kappa shape index (κ2) is 7.75. The van der Waals surface area contributed by atoms with Gasteiger partial charge in [0.25, 0.3) is 5.92 Å². The van der Waals surface area contributed by atoms with E-state index in [1.165, 1.54) is 29.4 Å². The van der Waals surface area contributed by atoms with Gasteiger partial charge in [-0.1, -0.05) is 13.8 Å². The second-order valence-corrected chi connectivity index (χ2v) is 8.04. The van der Waals surface area contributed by atoms with Crippen molar-refractivity contribution in [3.8, 4) is 0 Å². The van der Waals surface area contributed by atoms with Gasteiger partial charge in [0.15, 0.2) is 0 Å². The molecule has 4 rings (SSSR count). The Morgan fingerprint density at radius 2 is 1.90 bits per heavy atom. The highest BCUT2D eigenvalue weighted by Crippen LogP contribution is 2.33. The number of halogens is 3. The van der Waals surface area contributed by atoms with Crippen LogP contribution in [0.2, 0.25) is 0 Å². The third-order valence-corrected chi connectivity index (χ3v) is 5.19. The summed E-state index contributed by atoms with van der Waals surface area (Å²) in [7, 11) is 0. The van der Waals surface area contributed by atoms with Gasteiger partial charge in [0.1, 0.15) is 17.2 Å². The zero-order valence-electron chi connectivity index (χ0n) is 17.2. The maximum absolute atomic E-state index is 13.6. The predicted molar refractivity (Wildman–Crippen MR) is 110 cm³/mol. The lowest BCUT2D eigenvalue weighted by Gasteiger charge is -2.38. The Bertz CT molecular complexity index is 1110. The van der Waals surface area contributed by atoms with Crippen LogP contribution in [0.5, 0.6) is 0 Å². The molecule has 0 unspecified atom stereocenters. The van der Waals surface area contributed by atoms with Crippen molar-refractivity contribution in [2.24, 2.45) is 5.92 Å². The average molecular weight is 433 g/mol. The van der Waals surface area contributed by atoms with E-state index in [0.717, 1.165) is 5.56 Å². The number of carbonyl (C=O) groups is 1. The normalized spacial score (nSPS) is 16.3. The Labute approximate surface area is 176 Å². The Morgan fingerprint density at radius 1 is 1.23 bits per heavy atom. The maximum atomic E-state index is 13.6. The van der Waals surface area contributed by atoms with Gasteiger partial charge in [-0.15, -0.1) is 0 Å². The fourth-order valence-corrected chi connectivity index (χ4v) is 3.55. The number of aromatic nitrogens is 2. The summed E-state index contributed by atoms with van der Waals surface area (Å²) < 4.78 is 45.5. The molecule has 1 fully saturated rings. The topological polar surface area (TPSA) is 83.3 Å². The number of furan rings is 1. The first kappa shape index (κ1) is 21.0. The molecule has 1 atom stereocenters. The lowest BCUT2D eigenvalue weighted by molar-refractivity contribution is -0.0271. The van der Waals surface area contributed by atoms with E-state index < -0.39 is 31.1 Å². The summed E-state index contributed by atoms with van der Waals surface area (Å²) in [5, 5.41) is 6.16. The van der Waals surface area contributed by atoms with Crippen molar-refractivity contribution in [2.75, 3.05) is 23.3 Å². The monoisotopic (exact) mass is 433 g/mol. The molecular formula is C21H22F3N5O2. The number of nitrogens with one attached hydrogen (secondary N) is 2. The number of fused-ring (bicyclic) bond motifs is 1. The number of aryl methyl sites for hydroxylation is 1. The van der Waals surface area contributed by atoms with E-state index in [1.54, 1.807) is 6.07 Å². The molecule has 0 saturated carbocycles. The molecule has 7 nitrogen and oxygen atoms in total. The number of urea groups is 1. The third kappa shape index (κ3) is 4.28. The molecule has 31 heavy (non-hydrogen) atoms. The first-order chi connectivity index (χ1) is 14.6. The van der Waals surface area contributed by atoms with Crippen molar-refractivity contribution < 1.29 is 22.4 Å². The van der Waals surface area contributed by atoms with Crippen LogP contribution in [-0.4, -0.2) is 35.0 Å². The van der Waals surface area contributed by atoms with Crippen LogP contribution < -0.4 is 15.5 Å². The largest absolute Gasteiger partial charge is 0.459 e. The van der Waals surface area contributed by atoms with Crippen LogP contribution in [0.1, 0.15) is 31.2 Å². The molecule has 1 saturated heterocycles. The Morgan fingerprint density at radius 3 is 2.52 bits per heavy atom. The van der Waals surface area contributed by atoms with Gasteiger partial charge in [-0.25, -0.2) is 27.9 Å². The average Bonchev–Trinajstić information content (AvgIpc) is 3.00. The van der Waals surface area contributed by atoms with E-state index in [-0.39, 0.29) is 17.7 Å². The standard InChI is InChI=1S/C21H22F3N5O2/c1-11(2)17(18-12(3)15-6-13(22)4-5-16(15)31-18)28-20(30)27-14-7-25-19(26-8-14)29-9-21(23,24)10-29/h4-8,11,17H,9-10H2,1-3H3,(H2,27,28,30)/t17-/m0/s1. The van der Waals surface area contributed by atoms with Crippen LogP contribution in [0.4, 0.5) is 29.6 Å². The Balaban J connectivity index is 1.45. The highest BCUT2D eigenvalue weighted by atomic mass is 19.3. The number of hydrogen-bond donors (Lipinski definition) is 2. The molecule has 2 N–H and O–H groups in total. The first-order valence-corrected chi connectivity index (χ1v) is 9.84. The van der Waals surface area contributed by atoms with Crippen LogP contribution >= 0.6 is 0 Å². The van der Waals surface area contributed by atoms with Crippen molar-refractivity contribution >= 4 is 28.6 Å². The van der Waals surface area contributed by atoms with Crippen molar-refractivity contribution in [3.05, 3.63) is 47.7 Å². The Kier molecular flexibility index (Phi) is 5.24. The molecule has 10 heteroatoms. The Hall–Kier alpha value is -3.30. The molecule has 1 aliphatic rings. The number of alkyl halides is 2. The molecule has 0 aliphatic carbocycles. The summed E-state index contributed by atoms with van der Waals surface area (Å²) in [6, 6.07) is 3.33. The van der Waals surface area contributed by atoms with Gasteiger partial charge < -0.3 is 20.0 Å². The predicted octanol–water partition coefficient (Wildman–Crippen LogP) is 4.64. The van der Waals surface area contributed by atoms with Crippen molar-refractivity contribution in [3.63, 3.8) is 0 Å². The summed E-state index contributed by atoms with van der Waals surface area (Å²) in [5.41, 5.74) is 1.62. The summed E-state index contributed by atoms with van der Waals surface area (Å²) >= 11 is 0. The molecule has 0 radical (unpaired) electrons. The summed E-state index contributed by atoms with van der Waals surface area (Å²) in [6.45, 7) is 4.84. The highest BCUT2D eigenvalue weighted by molar-refractivity contribution is 5.89. The van der Waals surface area contributed by atoms with E-state index >= 15 is 0 Å². The van der Waals surface area contributed by atoms with Gasteiger partial charge in [0.2, 0.25) is 5.95 Å². The summed E-state index contributed by atoms with van der Waals surface area (Å²) in [6.07, 6.45) is 2.72. The molecular weight excluding hydrogens is 411 g/mol. The lowest BCUT2D eigenvalue weighted by Crippen LogP contribution is -2.57. The van der Waals surface area contributed by atoms with E-state index in [0.29, 0.717) is 22.4 Å². The van der Waals surface area contributed by atoms with E-state index in [2.05, 4.69) is 20.6 Å². The molecule has 0 spiro atoms. The molecule has 0 bridgehead atoms. The van der Waals surface area contributed by atoms with Crippen molar-refractivity contribution in [1.82, 2.24) is 15.3 Å². The van der Waals surface area contributed by atoms with E-state index in [4.69, 9.17) is 4.42 Å². The molecule has 1 aromatic carbocycles. The number of carbonyl (C=O) groups excluding carboxylic acids is 1. The summed E-state index contributed by atoms with van der Waals surface area (Å²) in [4.78, 5) is 22.0. The maximum Gasteiger partial charge on any atom is 0.319 e. The van der Waals surface area contributed by atoms with Crippen LogP contribution in [0, 0.1) is 18.7 Å². The number of rotatable bonds is 5. The number of benzene rings is 1. The van der Waals surface area contributed by atoms with Crippen LogP contribution in [-0.2, 0) is 0 Å². The number of anilines is 2. The van der Waals surface area contributed by atoms with Gasteiger partial charge in [-0.3, -0.25) is 0 Å². The van der Waals surface area contributed by atoms with E-state index in [9.17, 15) is 18.0 Å². The minimum Gasteiger partial charge on any atom is -0.459 e. The smallest absolute Gasteiger partial charge is 0.319 e. The molecule has 2 amide bonds. The molecule has 1 aliphatic heterocycles. The molecule has 3 aromatic rings. The van der Waals surface area contributed by atoms with E-state index in [1.807, 2.05) is 20.8 Å². The van der Waals surface area contributed by atoms with Crippen molar-refractivity contribution in [1.29, 1.82) is 0 Å². The fraction of sp³-hybridized carbons (Fsp3) is 0.381. The van der Waals surface area contributed by atoms with Crippen LogP contribution in [0.3, 0.4) is 0 Å². The third-order valence-electron chi connectivity index (χ3n) is 5.19. The SMILES string of the molecule is Cc1c([C@@H](NC(=O)Nc2cnc(N3CC(F)(F)C3)nc2)C(C)C)oc2ccc(F)cc12. The highest BCUT2D eigenvalue weighted by Gasteiger charge is 2.45. The van der Waals surface area contributed by atoms with Gasteiger partial charge in [-0.2, -0.15) is 0 Å². The fourth-order valence-electron chi connectivity index (χ4n) is 3.55.